The lowest BCUT2D eigenvalue weighted by molar-refractivity contribution is -0.119. The fraction of sp³-hybridized carbons (Fsp3) is 0.308. The minimum atomic E-state index is -1.07. The molecule has 2 heterocycles. The van der Waals surface area contributed by atoms with Gasteiger partial charge in [0.15, 0.2) is 0 Å². The van der Waals surface area contributed by atoms with E-state index < -0.39 is 5.97 Å². The maximum Gasteiger partial charge on any atom is 0.336 e. The first-order chi connectivity index (χ1) is 17.3. The highest BCUT2D eigenvalue weighted by atomic mass is 16.5. The van der Waals surface area contributed by atoms with Crippen molar-refractivity contribution in [1.29, 1.82) is 0 Å². The number of aromatic carboxylic acids is 1. The Morgan fingerprint density at radius 2 is 1.69 bits per heavy atom. The number of aryl methyl sites for hydroxylation is 1. The van der Waals surface area contributed by atoms with Gasteiger partial charge >= 0.3 is 5.97 Å². The van der Waals surface area contributed by atoms with E-state index in [2.05, 4.69) is 20.5 Å². The SMILES string of the molecule is COCC(=O)Nc1ccc2nc(N3CCN(CC(=O)Nc4cccc(C)c4)CC3)cc(C(=O)O)c2c1. The molecule has 36 heavy (non-hydrogen) atoms. The molecular weight excluding hydrogens is 462 g/mol. The van der Waals surface area contributed by atoms with Gasteiger partial charge in [-0.3, -0.25) is 14.5 Å². The quantitative estimate of drug-likeness (QED) is 0.439. The number of hydrogen-bond donors (Lipinski definition) is 3. The van der Waals surface area contributed by atoms with E-state index >= 15 is 0 Å². The number of carbonyl (C=O) groups excluding carboxylic acids is 2. The molecule has 2 amide bonds. The summed E-state index contributed by atoms with van der Waals surface area (Å²) >= 11 is 0. The molecule has 1 aromatic heterocycles. The van der Waals surface area contributed by atoms with Gasteiger partial charge in [-0.15, -0.1) is 0 Å². The summed E-state index contributed by atoms with van der Waals surface area (Å²) in [6.45, 7) is 4.68. The number of nitrogens with one attached hydrogen (secondary N) is 2. The van der Waals surface area contributed by atoms with Crippen molar-refractivity contribution < 1.29 is 24.2 Å². The van der Waals surface area contributed by atoms with Crippen LogP contribution in [0.2, 0.25) is 0 Å². The molecule has 1 aliphatic heterocycles. The standard InChI is InChI=1S/C26H29N5O5/c1-17-4-3-5-18(12-17)27-24(32)15-30-8-10-31(11-9-30)23-14-21(26(34)35)20-13-19(6-7-22(20)29-23)28-25(33)16-36-2/h3-7,12-14H,8-11,15-16H2,1-2H3,(H,27,32)(H,28,33)(H,34,35). The number of piperazine rings is 1. The van der Waals surface area contributed by atoms with Gasteiger partial charge in [-0.2, -0.15) is 0 Å². The number of ether oxygens (including phenoxy) is 1. The third-order valence-corrected chi connectivity index (χ3v) is 5.95. The summed E-state index contributed by atoms with van der Waals surface area (Å²) in [6, 6.07) is 14.2. The van der Waals surface area contributed by atoms with Crippen LogP contribution in [0.25, 0.3) is 10.9 Å². The van der Waals surface area contributed by atoms with Crippen molar-refractivity contribution in [2.45, 2.75) is 6.92 Å². The highest BCUT2D eigenvalue weighted by Crippen LogP contribution is 2.27. The molecule has 0 bridgehead atoms. The first-order valence-electron chi connectivity index (χ1n) is 11.6. The molecule has 0 saturated carbocycles. The fourth-order valence-corrected chi connectivity index (χ4v) is 4.22. The summed E-state index contributed by atoms with van der Waals surface area (Å²) in [5.41, 5.74) is 2.96. The number of aromatic nitrogens is 1. The van der Waals surface area contributed by atoms with E-state index in [1.807, 2.05) is 36.1 Å². The topological polar surface area (TPSA) is 124 Å². The highest BCUT2D eigenvalue weighted by molar-refractivity contribution is 6.05. The molecule has 3 N–H and O–H groups in total. The lowest BCUT2D eigenvalue weighted by Crippen LogP contribution is -2.49. The van der Waals surface area contributed by atoms with Gasteiger partial charge in [-0.1, -0.05) is 12.1 Å². The Hall–Kier alpha value is -4.02. The molecule has 0 spiro atoms. The molecule has 4 rings (SSSR count). The van der Waals surface area contributed by atoms with Gasteiger partial charge in [-0.05, 0) is 48.9 Å². The minimum absolute atomic E-state index is 0.0700. The van der Waals surface area contributed by atoms with Crippen LogP contribution in [-0.4, -0.2) is 79.2 Å². The van der Waals surface area contributed by atoms with Gasteiger partial charge in [0, 0.05) is 50.0 Å². The van der Waals surface area contributed by atoms with E-state index in [0.29, 0.717) is 48.6 Å². The maximum absolute atomic E-state index is 12.5. The van der Waals surface area contributed by atoms with Gasteiger partial charge in [0.25, 0.3) is 0 Å². The molecular formula is C26H29N5O5. The van der Waals surface area contributed by atoms with Crippen molar-refractivity contribution >= 4 is 45.9 Å². The van der Waals surface area contributed by atoms with Crippen LogP contribution in [-0.2, 0) is 14.3 Å². The van der Waals surface area contributed by atoms with Crippen LogP contribution < -0.4 is 15.5 Å². The number of amides is 2. The first-order valence-corrected chi connectivity index (χ1v) is 11.6. The second kappa shape index (κ2) is 11.1. The van der Waals surface area contributed by atoms with Crippen molar-refractivity contribution in [3.63, 3.8) is 0 Å². The Balaban J connectivity index is 1.43. The van der Waals surface area contributed by atoms with Crippen molar-refractivity contribution in [2.75, 3.05) is 62.0 Å². The summed E-state index contributed by atoms with van der Waals surface area (Å²) < 4.78 is 4.82. The molecule has 0 aliphatic carbocycles. The summed E-state index contributed by atoms with van der Waals surface area (Å²) in [4.78, 5) is 45.1. The molecule has 1 aliphatic rings. The van der Waals surface area contributed by atoms with E-state index in [1.165, 1.54) is 7.11 Å². The van der Waals surface area contributed by atoms with Crippen LogP contribution in [0.4, 0.5) is 17.2 Å². The van der Waals surface area contributed by atoms with Gasteiger partial charge in [-0.25, -0.2) is 9.78 Å². The number of hydrogen-bond acceptors (Lipinski definition) is 7. The lowest BCUT2D eigenvalue weighted by Gasteiger charge is -2.35. The summed E-state index contributed by atoms with van der Waals surface area (Å²) in [5, 5.41) is 15.9. The molecule has 1 fully saturated rings. The monoisotopic (exact) mass is 491 g/mol. The molecule has 10 heteroatoms. The molecule has 0 radical (unpaired) electrons. The van der Waals surface area contributed by atoms with Crippen LogP contribution in [0.15, 0.2) is 48.5 Å². The van der Waals surface area contributed by atoms with Crippen LogP contribution in [0.3, 0.4) is 0 Å². The number of rotatable bonds is 8. The summed E-state index contributed by atoms with van der Waals surface area (Å²) in [7, 11) is 1.42. The Labute approximate surface area is 208 Å². The third-order valence-electron chi connectivity index (χ3n) is 5.95. The van der Waals surface area contributed by atoms with E-state index in [-0.39, 0.29) is 30.5 Å². The number of carboxylic acid groups (broad SMARTS) is 1. The van der Waals surface area contributed by atoms with Crippen LogP contribution in [0.1, 0.15) is 15.9 Å². The van der Waals surface area contributed by atoms with E-state index in [4.69, 9.17) is 4.74 Å². The molecule has 188 valence electrons. The van der Waals surface area contributed by atoms with Crippen molar-refractivity contribution in [1.82, 2.24) is 9.88 Å². The van der Waals surface area contributed by atoms with Crippen molar-refractivity contribution in [3.8, 4) is 0 Å². The predicted octanol–water partition coefficient (Wildman–Crippen LogP) is 2.59. The smallest absolute Gasteiger partial charge is 0.336 e. The molecule has 3 aromatic rings. The van der Waals surface area contributed by atoms with Crippen molar-refractivity contribution in [2.24, 2.45) is 0 Å². The van der Waals surface area contributed by atoms with Gasteiger partial charge in [0.1, 0.15) is 12.4 Å². The number of pyridine rings is 1. The first kappa shape index (κ1) is 25.1. The number of nitrogens with zero attached hydrogens (tertiary/aromatic N) is 3. The third kappa shape index (κ3) is 6.15. The average Bonchev–Trinajstić information content (AvgIpc) is 2.84. The number of carboxylic acids is 1. The predicted molar refractivity (Wildman–Crippen MR) is 138 cm³/mol. The Bertz CT molecular complexity index is 1290. The largest absolute Gasteiger partial charge is 0.478 e. The van der Waals surface area contributed by atoms with Crippen LogP contribution >= 0.6 is 0 Å². The molecule has 0 atom stereocenters. The van der Waals surface area contributed by atoms with E-state index in [0.717, 1.165) is 11.3 Å². The fourth-order valence-electron chi connectivity index (χ4n) is 4.22. The molecule has 2 aromatic carbocycles. The zero-order valence-electron chi connectivity index (χ0n) is 20.3. The van der Waals surface area contributed by atoms with Crippen LogP contribution in [0, 0.1) is 6.92 Å². The van der Waals surface area contributed by atoms with E-state index in [9.17, 15) is 19.5 Å². The van der Waals surface area contributed by atoms with Gasteiger partial charge in [0.05, 0.1) is 17.6 Å². The number of carbonyl (C=O) groups is 3. The minimum Gasteiger partial charge on any atom is -0.478 e. The zero-order valence-corrected chi connectivity index (χ0v) is 20.3. The maximum atomic E-state index is 12.5. The highest BCUT2D eigenvalue weighted by Gasteiger charge is 2.22. The number of methoxy groups -OCH3 is 1. The van der Waals surface area contributed by atoms with Gasteiger partial charge in [0.2, 0.25) is 11.8 Å². The van der Waals surface area contributed by atoms with Gasteiger partial charge < -0.3 is 25.4 Å². The van der Waals surface area contributed by atoms with Crippen LogP contribution in [0.5, 0.6) is 0 Å². The second-order valence-corrected chi connectivity index (χ2v) is 8.73. The molecule has 0 unspecified atom stereocenters. The summed E-state index contributed by atoms with van der Waals surface area (Å²) in [6.07, 6.45) is 0. The van der Waals surface area contributed by atoms with Crippen molar-refractivity contribution in [3.05, 3.63) is 59.7 Å². The normalized spacial score (nSPS) is 14.0. The molecule has 1 saturated heterocycles. The Morgan fingerprint density at radius 1 is 0.972 bits per heavy atom. The Kier molecular flexibility index (Phi) is 7.77. The van der Waals surface area contributed by atoms with E-state index in [1.54, 1.807) is 24.3 Å². The lowest BCUT2D eigenvalue weighted by atomic mass is 10.1. The second-order valence-electron chi connectivity index (χ2n) is 8.73. The Morgan fingerprint density at radius 3 is 2.39 bits per heavy atom. The summed E-state index contributed by atoms with van der Waals surface area (Å²) in [5.74, 6) is -0.904. The number of benzene rings is 2. The number of fused-ring (bicyclic) bond motifs is 1. The average molecular weight is 492 g/mol. The molecule has 10 nitrogen and oxygen atoms in total. The number of anilines is 3. The zero-order chi connectivity index (χ0) is 25.7.